The van der Waals surface area contributed by atoms with E-state index in [-0.39, 0.29) is 12.0 Å². The molecule has 122 valence electrons. The second kappa shape index (κ2) is 6.01. The van der Waals surface area contributed by atoms with Gasteiger partial charge in [0.25, 0.3) is 5.91 Å². The van der Waals surface area contributed by atoms with E-state index in [1.165, 1.54) is 0 Å². The van der Waals surface area contributed by atoms with Crippen LogP contribution in [0.2, 0.25) is 0 Å². The number of hydrogen-bond donors (Lipinski definition) is 1. The van der Waals surface area contributed by atoms with Gasteiger partial charge in [-0.15, -0.1) is 0 Å². The van der Waals surface area contributed by atoms with Gasteiger partial charge in [0.05, 0.1) is 23.9 Å². The highest BCUT2D eigenvalue weighted by atomic mass is 16.5. The van der Waals surface area contributed by atoms with Crippen LogP contribution in [0.5, 0.6) is 0 Å². The zero-order valence-corrected chi connectivity index (χ0v) is 13.3. The predicted octanol–water partition coefficient (Wildman–Crippen LogP) is 2.15. The fourth-order valence-electron chi connectivity index (χ4n) is 2.84. The molecule has 7 nitrogen and oxygen atoms in total. The molecule has 1 amide bonds. The number of anilines is 1. The van der Waals surface area contributed by atoms with E-state index < -0.39 is 0 Å². The van der Waals surface area contributed by atoms with Crippen LogP contribution in [0.3, 0.4) is 0 Å². The molecule has 1 N–H and O–H groups in total. The number of aryl methyl sites for hydroxylation is 1. The molecule has 0 bridgehead atoms. The van der Waals surface area contributed by atoms with E-state index in [9.17, 15) is 4.79 Å². The van der Waals surface area contributed by atoms with Gasteiger partial charge in [-0.05, 0) is 30.4 Å². The fraction of sp³-hybridized carbons (Fsp3) is 0.294. The number of fused-ring (bicyclic) bond motifs is 1. The smallest absolute Gasteiger partial charge is 0.254 e. The van der Waals surface area contributed by atoms with Crippen molar-refractivity contribution >= 4 is 22.5 Å². The lowest BCUT2D eigenvalue weighted by Crippen LogP contribution is -2.27. The Balaban J connectivity index is 1.64. The molecule has 0 radical (unpaired) electrons. The second-order valence-corrected chi connectivity index (χ2v) is 5.87. The quantitative estimate of drug-likeness (QED) is 0.798. The zero-order valence-electron chi connectivity index (χ0n) is 13.3. The molecule has 3 aromatic rings. The van der Waals surface area contributed by atoms with Gasteiger partial charge in [0, 0.05) is 31.4 Å². The Labute approximate surface area is 138 Å². The van der Waals surface area contributed by atoms with Crippen LogP contribution in [0.1, 0.15) is 12.8 Å². The molecule has 24 heavy (non-hydrogen) atoms. The molecule has 3 aromatic heterocycles. The minimum atomic E-state index is -0.370. The highest BCUT2D eigenvalue weighted by molar-refractivity contribution is 5.95. The number of pyridine rings is 2. The Morgan fingerprint density at radius 3 is 2.88 bits per heavy atom. The number of nitrogens with zero attached hydrogens (tertiary/aromatic N) is 4. The third kappa shape index (κ3) is 2.74. The summed E-state index contributed by atoms with van der Waals surface area (Å²) in [6, 6.07) is 3.82. The summed E-state index contributed by atoms with van der Waals surface area (Å²) in [5, 5.41) is 4.70. The number of hydrogen-bond acceptors (Lipinski definition) is 5. The Kier molecular flexibility index (Phi) is 3.70. The van der Waals surface area contributed by atoms with Crippen LogP contribution in [0.15, 0.2) is 37.1 Å². The number of carbonyl (C=O) groups excluding carboxylic acids is 1. The molecule has 1 aliphatic heterocycles. The van der Waals surface area contributed by atoms with E-state index in [0.717, 1.165) is 35.0 Å². The molecule has 0 spiro atoms. The summed E-state index contributed by atoms with van der Waals surface area (Å²) >= 11 is 0. The number of aromatic nitrogens is 4. The minimum absolute atomic E-state index is 0.139. The van der Waals surface area contributed by atoms with Crippen molar-refractivity contribution in [2.75, 3.05) is 11.9 Å². The van der Waals surface area contributed by atoms with Gasteiger partial charge in [-0.3, -0.25) is 9.78 Å². The number of carbonyl (C=O) groups is 1. The maximum Gasteiger partial charge on any atom is 0.254 e. The van der Waals surface area contributed by atoms with Crippen LogP contribution in [0.4, 0.5) is 5.82 Å². The molecule has 0 saturated carbocycles. The van der Waals surface area contributed by atoms with Gasteiger partial charge in [-0.25, -0.2) is 9.97 Å². The van der Waals surface area contributed by atoms with E-state index in [1.807, 2.05) is 23.7 Å². The van der Waals surface area contributed by atoms with E-state index in [2.05, 4.69) is 20.3 Å². The molecular formula is C17H17N5O2. The maximum atomic E-state index is 12.1. The van der Waals surface area contributed by atoms with Crippen molar-refractivity contribution in [3.05, 3.63) is 37.1 Å². The van der Waals surface area contributed by atoms with Crippen molar-refractivity contribution in [3.8, 4) is 11.4 Å². The van der Waals surface area contributed by atoms with Gasteiger partial charge < -0.3 is 14.6 Å². The van der Waals surface area contributed by atoms with Crippen molar-refractivity contribution in [3.63, 3.8) is 0 Å². The third-order valence-electron chi connectivity index (χ3n) is 4.16. The molecule has 1 fully saturated rings. The minimum Gasteiger partial charge on any atom is -0.368 e. The highest BCUT2D eigenvalue weighted by Crippen LogP contribution is 2.23. The predicted molar refractivity (Wildman–Crippen MR) is 89.3 cm³/mol. The Morgan fingerprint density at radius 1 is 1.25 bits per heavy atom. The van der Waals surface area contributed by atoms with Crippen LogP contribution >= 0.6 is 0 Å². The van der Waals surface area contributed by atoms with Gasteiger partial charge >= 0.3 is 0 Å². The molecule has 4 heterocycles. The summed E-state index contributed by atoms with van der Waals surface area (Å²) in [6.45, 7) is 0.642. The van der Waals surface area contributed by atoms with Crippen LogP contribution in [-0.4, -0.2) is 38.1 Å². The first kappa shape index (κ1) is 14.8. The average molecular weight is 323 g/mol. The van der Waals surface area contributed by atoms with Gasteiger partial charge in [0.1, 0.15) is 11.9 Å². The van der Waals surface area contributed by atoms with E-state index in [0.29, 0.717) is 12.4 Å². The number of rotatable bonds is 3. The monoisotopic (exact) mass is 323 g/mol. The van der Waals surface area contributed by atoms with Gasteiger partial charge in [0.15, 0.2) is 0 Å². The number of nitrogens with one attached hydrogen (secondary N) is 1. The van der Waals surface area contributed by atoms with Crippen molar-refractivity contribution in [2.24, 2.45) is 7.05 Å². The lowest BCUT2D eigenvalue weighted by Gasteiger charge is -2.10. The lowest BCUT2D eigenvalue weighted by atomic mass is 10.1. The standard InChI is InChI=1S/C17H17N5O2/c1-22-10-18-9-14(22)13-5-11-6-16(20-8-12(11)7-19-13)21-17(23)15-3-2-4-24-15/h5-10,15H,2-4H2,1H3,(H,20,21,23)/t15-/m1/s1. The first-order chi connectivity index (χ1) is 11.7. The van der Waals surface area contributed by atoms with E-state index in [4.69, 9.17) is 4.74 Å². The largest absolute Gasteiger partial charge is 0.368 e. The summed E-state index contributed by atoms with van der Waals surface area (Å²) in [7, 11) is 1.92. The Bertz CT molecular complexity index is 899. The highest BCUT2D eigenvalue weighted by Gasteiger charge is 2.23. The zero-order chi connectivity index (χ0) is 16.5. The lowest BCUT2D eigenvalue weighted by molar-refractivity contribution is -0.124. The molecule has 1 aliphatic rings. The summed E-state index contributed by atoms with van der Waals surface area (Å²) in [6.07, 6.45) is 8.30. The van der Waals surface area contributed by atoms with Crippen LogP contribution in [0.25, 0.3) is 22.2 Å². The Morgan fingerprint density at radius 2 is 2.12 bits per heavy atom. The van der Waals surface area contributed by atoms with Crippen LogP contribution in [-0.2, 0) is 16.6 Å². The number of amides is 1. The molecule has 0 unspecified atom stereocenters. The normalized spacial score (nSPS) is 17.3. The van der Waals surface area contributed by atoms with Crippen molar-refractivity contribution < 1.29 is 9.53 Å². The van der Waals surface area contributed by atoms with Crippen molar-refractivity contribution in [1.82, 2.24) is 19.5 Å². The molecule has 1 saturated heterocycles. The summed E-state index contributed by atoms with van der Waals surface area (Å²) < 4.78 is 7.31. The second-order valence-electron chi connectivity index (χ2n) is 5.87. The Hall–Kier alpha value is -2.80. The first-order valence-corrected chi connectivity index (χ1v) is 7.86. The summed E-state index contributed by atoms with van der Waals surface area (Å²) in [5.74, 6) is 0.380. The van der Waals surface area contributed by atoms with Gasteiger partial charge in [-0.1, -0.05) is 0 Å². The fourth-order valence-corrected chi connectivity index (χ4v) is 2.84. The van der Waals surface area contributed by atoms with E-state index >= 15 is 0 Å². The summed E-state index contributed by atoms with van der Waals surface area (Å²) in [5.41, 5.74) is 1.75. The van der Waals surface area contributed by atoms with Crippen LogP contribution < -0.4 is 5.32 Å². The molecular weight excluding hydrogens is 306 g/mol. The topological polar surface area (TPSA) is 81.9 Å². The molecule has 4 rings (SSSR count). The van der Waals surface area contributed by atoms with E-state index in [1.54, 1.807) is 24.9 Å². The maximum absolute atomic E-state index is 12.1. The average Bonchev–Trinajstić information content (AvgIpc) is 3.25. The molecule has 1 atom stereocenters. The molecule has 0 aliphatic carbocycles. The number of imidazole rings is 1. The van der Waals surface area contributed by atoms with Crippen LogP contribution in [0, 0.1) is 0 Å². The SMILES string of the molecule is Cn1cncc1-c1cc2cc(NC(=O)[C@H]3CCCO3)ncc2cn1. The van der Waals surface area contributed by atoms with Crippen molar-refractivity contribution in [1.29, 1.82) is 0 Å². The first-order valence-electron chi connectivity index (χ1n) is 7.86. The van der Waals surface area contributed by atoms with Crippen molar-refractivity contribution in [2.45, 2.75) is 18.9 Å². The third-order valence-corrected chi connectivity index (χ3v) is 4.16. The van der Waals surface area contributed by atoms with Gasteiger partial charge in [0.2, 0.25) is 0 Å². The molecule has 0 aromatic carbocycles. The summed E-state index contributed by atoms with van der Waals surface area (Å²) in [4.78, 5) is 25.0. The number of ether oxygens (including phenoxy) is 1. The van der Waals surface area contributed by atoms with Gasteiger partial charge in [-0.2, -0.15) is 0 Å². The molecule has 7 heteroatoms.